The van der Waals surface area contributed by atoms with E-state index in [9.17, 15) is 4.79 Å². The Morgan fingerprint density at radius 2 is 1.89 bits per heavy atom. The average Bonchev–Trinajstić information content (AvgIpc) is 2.42. The van der Waals surface area contributed by atoms with E-state index in [1.165, 1.54) is 0 Å². The quantitative estimate of drug-likeness (QED) is 0.846. The van der Waals surface area contributed by atoms with E-state index in [0.717, 1.165) is 23.5 Å². The number of nitrogens with zero attached hydrogens (tertiary/aromatic N) is 1. The van der Waals surface area contributed by atoms with E-state index in [4.69, 9.17) is 0 Å². The molecule has 3 nitrogen and oxygen atoms in total. The molecule has 1 N–H and O–H groups in total. The zero-order valence-electron chi connectivity index (χ0n) is 11.3. The number of rotatable bonds is 3. The van der Waals surface area contributed by atoms with Crippen LogP contribution in [-0.4, -0.2) is 9.97 Å². The molecule has 0 aliphatic rings. The molecule has 0 unspecified atom stereocenters. The normalized spacial score (nSPS) is 11.6. The van der Waals surface area contributed by atoms with Gasteiger partial charge < -0.3 is 4.98 Å². The summed E-state index contributed by atoms with van der Waals surface area (Å²) in [5.74, 6) is 0.723. The van der Waals surface area contributed by atoms with Crippen LogP contribution < -0.4 is 5.56 Å². The summed E-state index contributed by atoms with van der Waals surface area (Å²) in [6.07, 6.45) is 0.764. The summed E-state index contributed by atoms with van der Waals surface area (Å²) in [7, 11) is 0. The van der Waals surface area contributed by atoms with Crippen molar-refractivity contribution < 1.29 is 0 Å². The van der Waals surface area contributed by atoms with Gasteiger partial charge in [0.25, 0.3) is 5.56 Å². The summed E-state index contributed by atoms with van der Waals surface area (Å²) in [5, 5.41) is 0. The summed E-state index contributed by atoms with van der Waals surface area (Å²) >= 11 is 2.06. The van der Waals surface area contributed by atoms with E-state index in [1.807, 2.05) is 25.1 Å². The first kappa shape index (κ1) is 14.2. The number of hydrogen-bond acceptors (Lipinski definition) is 2. The van der Waals surface area contributed by atoms with Gasteiger partial charge in [-0.05, 0) is 48.4 Å². The van der Waals surface area contributed by atoms with Gasteiger partial charge in [-0.15, -0.1) is 0 Å². The third-order valence-electron chi connectivity index (χ3n) is 3.35. The van der Waals surface area contributed by atoms with Gasteiger partial charge in [0.1, 0.15) is 5.82 Å². The van der Waals surface area contributed by atoms with Crippen molar-refractivity contribution in [3.8, 4) is 0 Å². The predicted octanol–water partition coefficient (Wildman–Crippen LogP) is 3.26. The third kappa shape index (κ3) is 2.73. The van der Waals surface area contributed by atoms with E-state index >= 15 is 0 Å². The minimum atomic E-state index is -0.311. The molecular weight excluding hydrogens is 351 g/mol. The van der Waals surface area contributed by atoms with Crippen LogP contribution in [0.5, 0.6) is 0 Å². The lowest BCUT2D eigenvalue weighted by Crippen LogP contribution is -2.28. The second kappa shape index (κ2) is 5.45. The number of hydrogen-bond donors (Lipinski definition) is 1. The molecule has 0 atom stereocenters. The molecule has 19 heavy (non-hydrogen) atoms. The van der Waals surface area contributed by atoms with Crippen LogP contribution in [0.4, 0.5) is 0 Å². The van der Waals surface area contributed by atoms with E-state index in [-0.39, 0.29) is 11.0 Å². The number of benzene rings is 1. The van der Waals surface area contributed by atoms with Crippen LogP contribution in [0.25, 0.3) is 0 Å². The van der Waals surface area contributed by atoms with Gasteiger partial charge in [0.15, 0.2) is 0 Å². The summed E-state index contributed by atoms with van der Waals surface area (Å²) in [5.41, 5.74) is 1.64. The maximum atomic E-state index is 12.0. The molecule has 2 aromatic rings. The van der Waals surface area contributed by atoms with Crippen LogP contribution in [0.2, 0.25) is 0 Å². The Hall–Kier alpha value is -1.17. The highest BCUT2D eigenvalue weighted by atomic mass is 127. The number of aromatic nitrogens is 2. The fourth-order valence-corrected chi connectivity index (χ4v) is 2.66. The van der Waals surface area contributed by atoms with Crippen LogP contribution in [-0.2, 0) is 11.8 Å². The second-order valence-corrected chi connectivity index (χ2v) is 6.10. The SMILES string of the molecule is CCc1nc(C(C)(C)c2ccccc2)[nH]c(=O)c1I. The maximum Gasteiger partial charge on any atom is 0.264 e. The molecule has 0 saturated heterocycles. The number of halogens is 1. The zero-order valence-corrected chi connectivity index (χ0v) is 13.5. The molecule has 0 aliphatic heterocycles. The average molecular weight is 368 g/mol. The number of aromatic amines is 1. The monoisotopic (exact) mass is 368 g/mol. The lowest BCUT2D eigenvalue weighted by molar-refractivity contribution is 0.580. The highest BCUT2D eigenvalue weighted by Crippen LogP contribution is 2.28. The highest BCUT2D eigenvalue weighted by Gasteiger charge is 2.26. The molecular formula is C15H17IN2O. The van der Waals surface area contributed by atoms with Crippen molar-refractivity contribution in [2.24, 2.45) is 0 Å². The largest absolute Gasteiger partial charge is 0.309 e. The molecule has 0 bridgehead atoms. The van der Waals surface area contributed by atoms with Crippen molar-refractivity contribution in [3.05, 3.63) is 61.3 Å². The topological polar surface area (TPSA) is 45.8 Å². The molecule has 0 radical (unpaired) electrons. The predicted molar refractivity (Wildman–Crippen MR) is 85.5 cm³/mol. The number of nitrogens with one attached hydrogen (secondary N) is 1. The van der Waals surface area contributed by atoms with Gasteiger partial charge in [-0.1, -0.05) is 37.3 Å². The Morgan fingerprint density at radius 3 is 2.47 bits per heavy atom. The van der Waals surface area contributed by atoms with Crippen molar-refractivity contribution in [1.82, 2.24) is 9.97 Å². The molecule has 0 spiro atoms. The Bertz CT molecular complexity index is 632. The summed E-state index contributed by atoms with van der Waals surface area (Å²) < 4.78 is 0.688. The first-order valence-electron chi connectivity index (χ1n) is 6.31. The highest BCUT2D eigenvalue weighted by molar-refractivity contribution is 14.1. The lowest BCUT2D eigenvalue weighted by atomic mass is 9.83. The smallest absolute Gasteiger partial charge is 0.264 e. The summed E-state index contributed by atoms with van der Waals surface area (Å²) in [4.78, 5) is 19.5. The molecule has 0 saturated carbocycles. The van der Waals surface area contributed by atoms with Crippen molar-refractivity contribution in [2.45, 2.75) is 32.6 Å². The third-order valence-corrected chi connectivity index (χ3v) is 4.47. The molecule has 100 valence electrons. The summed E-state index contributed by atoms with van der Waals surface area (Å²) in [6, 6.07) is 10.1. The van der Waals surface area contributed by atoms with Gasteiger partial charge in [0.05, 0.1) is 9.26 Å². The van der Waals surface area contributed by atoms with Crippen LogP contribution in [0, 0.1) is 3.57 Å². The lowest BCUT2D eigenvalue weighted by Gasteiger charge is -2.24. The van der Waals surface area contributed by atoms with Crippen LogP contribution in [0.1, 0.15) is 37.9 Å². The van der Waals surface area contributed by atoms with Crippen molar-refractivity contribution >= 4 is 22.6 Å². The molecule has 0 fully saturated rings. The molecule has 1 heterocycles. The maximum absolute atomic E-state index is 12.0. The van der Waals surface area contributed by atoms with E-state index in [0.29, 0.717) is 3.57 Å². The fraction of sp³-hybridized carbons (Fsp3) is 0.333. The van der Waals surface area contributed by atoms with Crippen molar-refractivity contribution in [2.75, 3.05) is 0 Å². The zero-order chi connectivity index (χ0) is 14.0. The Labute approximate surface area is 126 Å². The van der Waals surface area contributed by atoms with Gasteiger partial charge in [0.2, 0.25) is 0 Å². The minimum Gasteiger partial charge on any atom is -0.309 e. The molecule has 0 aliphatic carbocycles. The Morgan fingerprint density at radius 1 is 1.26 bits per heavy atom. The first-order valence-corrected chi connectivity index (χ1v) is 7.39. The number of aryl methyl sites for hydroxylation is 1. The van der Waals surface area contributed by atoms with E-state index in [1.54, 1.807) is 0 Å². The molecule has 0 amide bonds. The minimum absolute atomic E-state index is 0.0496. The fourth-order valence-electron chi connectivity index (χ4n) is 2.03. The standard InChI is InChI=1S/C15H17IN2O/c1-4-11-12(16)13(19)18-14(17-11)15(2,3)10-8-6-5-7-9-10/h5-9H,4H2,1-3H3,(H,17,18,19). The molecule has 2 rings (SSSR count). The Balaban J connectivity index is 2.59. The van der Waals surface area contributed by atoms with E-state index < -0.39 is 0 Å². The van der Waals surface area contributed by atoms with Gasteiger partial charge >= 0.3 is 0 Å². The van der Waals surface area contributed by atoms with E-state index in [2.05, 4.69) is 58.5 Å². The Kier molecular flexibility index (Phi) is 4.08. The molecule has 1 aromatic heterocycles. The van der Waals surface area contributed by atoms with Gasteiger partial charge in [0, 0.05) is 5.41 Å². The molecule has 1 aromatic carbocycles. The van der Waals surface area contributed by atoms with Crippen LogP contribution >= 0.6 is 22.6 Å². The molecule has 4 heteroatoms. The van der Waals surface area contributed by atoms with Gasteiger partial charge in [-0.3, -0.25) is 4.79 Å². The van der Waals surface area contributed by atoms with Crippen LogP contribution in [0.15, 0.2) is 35.1 Å². The number of H-pyrrole nitrogens is 1. The van der Waals surface area contributed by atoms with Gasteiger partial charge in [-0.25, -0.2) is 4.98 Å². The first-order chi connectivity index (χ1) is 8.96. The van der Waals surface area contributed by atoms with Crippen LogP contribution in [0.3, 0.4) is 0 Å². The van der Waals surface area contributed by atoms with Crippen molar-refractivity contribution in [3.63, 3.8) is 0 Å². The second-order valence-electron chi connectivity index (χ2n) is 5.02. The van der Waals surface area contributed by atoms with Gasteiger partial charge in [-0.2, -0.15) is 0 Å². The van der Waals surface area contributed by atoms with Crippen molar-refractivity contribution in [1.29, 1.82) is 0 Å². The summed E-state index contributed by atoms with van der Waals surface area (Å²) in [6.45, 7) is 6.17.